The summed E-state index contributed by atoms with van der Waals surface area (Å²) < 4.78 is 30.8. The number of hydrogen-bond acceptors (Lipinski definition) is 5. The monoisotopic (exact) mass is 390 g/mol. The molecule has 0 saturated carbocycles. The van der Waals surface area contributed by atoms with Crippen molar-refractivity contribution in [3.8, 4) is 5.75 Å². The van der Waals surface area contributed by atoms with Gasteiger partial charge in [0.15, 0.2) is 0 Å². The van der Waals surface area contributed by atoms with Crippen LogP contribution in [0.4, 0.5) is 5.69 Å². The number of hydroxylamine groups is 1. The molecule has 0 N–H and O–H groups in total. The fourth-order valence-corrected chi connectivity index (χ4v) is 4.13. The van der Waals surface area contributed by atoms with Crippen LogP contribution in [0.1, 0.15) is 22.3 Å². The van der Waals surface area contributed by atoms with E-state index in [1.54, 1.807) is 12.0 Å². The number of benzene rings is 2. The first kappa shape index (κ1) is 19.3. The number of rotatable bonds is 5. The Bertz CT molecular complexity index is 927. The number of carbonyl (C=O) groups is 1. The molecule has 0 radical (unpaired) electrons. The molecule has 1 aliphatic rings. The number of nitrogens with zero attached hydrogens (tertiary/aromatic N) is 2. The minimum Gasteiger partial charge on any atom is -0.495 e. The van der Waals surface area contributed by atoms with Gasteiger partial charge in [-0.2, -0.15) is 0 Å². The molecular formula is C19H22N2O5S. The third kappa shape index (κ3) is 3.55. The second kappa shape index (κ2) is 7.67. The number of para-hydroxylation sites is 1. The summed E-state index contributed by atoms with van der Waals surface area (Å²) in [6.45, 7) is 0.582. The second-order valence-electron chi connectivity index (χ2n) is 6.15. The van der Waals surface area contributed by atoms with Gasteiger partial charge in [-0.15, -0.1) is 0 Å². The molecule has 3 rings (SSSR count). The molecule has 8 heteroatoms. The first-order valence-electron chi connectivity index (χ1n) is 8.51. The van der Waals surface area contributed by atoms with Crippen LogP contribution in [0.2, 0.25) is 0 Å². The van der Waals surface area contributed by atoms with Gasteiger partial charge in [-0.25, -0.2) is 8.42 Å². The Balaban J connectivity index is 1.93. The lowest BCUT2D eigenvalue weighted by Gasteiger charge is -2.31. The Morgan fingerprint density at radius 1 is 1.11 bits per heavy atom. The molecular weight excluding hydrogens is 368 g/mol. The maximum atomic E-state index is 13.1. The summed E-state index contributed by atoms with van der Waals surface area (Å²) in [6, 6.07) is 11.6. The average molecular weight is 390 g/mol. The van der Waals surface area contributed by atoms with Gasteiger partial charge in [0.05, 0.1) is 24.8 Å². The lowest BCUT2D eigenvalue weighted by Crippen LogP contribution is -2.35. The summed E-state index contributed by atoms with van der Waals surface area (Å²) >= 11 is 0. The number of amides is 1. The van der Waals surface area contributed by atoms with Crippen molar-refractivity contribution in [1.82, 2.24) is 4.47 Å². The van der Waals surface area contributed by atoms with Gasteiger partial charge in [-0.05, 0) is 48.7 Å². The number of ether oxygens (including phenoxy) is 1. The minimum atomic E-state index is -3.75. The highest BCUT2D eigenvalue weighted by atomic mass is 32.2. The van der Waals surface area contributed by atoms with Crippen molar-refractivity contribution in [1.29, 1.82) is 0 Å². The van der Waals surface area contributed by atoms with Crippen LogP contribution in [0.25, 0.3) is 0 Å². The molecule has 0 aromatic heterocycles. The Hall–Kier alpha value is -2.42. The van der Waals surface area contributed by atoms with Gasteiger partial charge < -0.3 is 9.64 Å². The van der Waals surface area contributed by atoms with E-state index in [0.29, 0.717) is 17.9 Å². The van der Waals surface area contributed by atoms with E-state index < -0.39 is 10.0 Å². The van der Waals surface area contributed by atoms with Crippen molar-refractivity contribution in [3.05, 3.63) is 53.6 Å². The van der Waals surface area contributed by atoms with E-state index in [4.69, 9.17) is 9.57 Å². The summed E-state index contributed by atoms with van der Waals surface area (Å²) in [7, 11) is 0.418. The molecule has 1 amide bonds. The van der Waals surface area contributed by atoms with E-state index in [1.165, 1.54) is 38.4 Å². The van der Waals surface area contributed by atoms with E-state index >= 15 is 0 Å². The van der Waals surface area contributed by atoms with Crippen LogP contribution in [0.15, 0.2) is 47.4 Å². The SMILES string of the molecule is COc1cccc2c1N(C(=O)c1ccc(S(=O)(=O)N(C)OC)cc1)CCC2. The smallest absolute Gasteiger partial charge is 0.264 e. The molecule has 0 fully saturated rings. The average Bonchev–Trinajstić information content (AvgIpc) is 2.71. The molecule has 0 saturated heterocycles. The normalized spacial score (nSPS) is 14.1. The molecule has 27 heavy (non-hydrogen) atoms. The molecule has 144 valence electrons. The lowest BCUT2D eigenvalue weighted by molar-refractivity contribution is -0.0258. The van der Waals surface area contributed by atoms with Crippen LogP contribution in [-0.4, -0.2) is 46.6 Å². The van der Waals surface area contributed by atoms with E-state index in [0.717, 1.165) is 28.6 Å². The molecule has 0 unspecified atom stereocenters. The Morgan fingerprint density at radius 3 is 2.44 bits per heavy atom. The predicted octanol–water partition coefficient (Wildman–Crippen LogP) is 2.47. The van der Waals surface area contributed by atoms with Crippen LogP contribution in [0.3, 0.4) is 0 Å². The number of aryl methyl sites for hydroxylation is 1. The van der Waals surface area contributed by atoms with Gasteiger partial charge in [-0.3, -0.25) is 9.63 Å². The zero-order chi connectivity index (χ0) is 19.6. The molecule has 0 atom stereocenters. The first-order chi connectivity index (χ1) is 12.9. The Kier molecular flexibility index (Phi) is 5.50. The van der Waals surface area contributed by atoms with Crippen molar-refractivity contribution in [3.63, 3.8) is 0 Å². The van der Waals surface area contributed by atoms with E-state index in [-0.39, 0.29) is 10.8 Å². The molecule has 0 spiro atoms. The summed E-state index contributed by atoms with van der Waals surface area (Å²) in [5.41, 5.74) is 2.26. The molecule has 1 aliphatic heterocycles. The van der Waals surface area contributed by atoms with Gasteiger partial charge >= 0.3 is 0 Å². The Morgan fingerprint density at radius 2 is 1.81 bits per heavy atom. The third-order valence-electron chi connectivity index (χ3n) is 4.64. The molecule has 0 aliphatic carbocycles. The summed E-state index contributed by atoms with van der Waals surface area (Å²) in [5.74, 6) is 0.464. The van der Waals surface area contributed by atoms with Crippen molar-refractivity contribution < 1.29 is 22.8 Å². The fourth-order valence-electron chi connectivity index (χ4n) is 3.15. The van der Waals surface area contributed by atoms with Crippen LogP contribution >= 0.6 is 0 Å². The number of fused-ring (bicyclic) bond motifs is 1. The minimum absolute atomic E-state index is 0.0556. The zero-order valence-corrected chi connectivity index (χ0v) is 16.3. The largest absolute Gasteiger partial charge is 0.495 e. The van der Waals surface area contributed by atoms with Gasteiger partial charge in [0, 0.05) is 19.2 Å². The highest BCUT2D eigenvalue weighted by molar-refractivity contribution is 7.89. The van der Waals surface area contributed by atoms with Crippen molar-refractivity contribution in [2.24, 2.45) is 0 Å². The Labute approximate surface area is 159 Å². The van der Waals surface area contributed by atoms with Gasteiger partial charge in [0.25, 0.3) is 15.9 Å². The summed E-state index contributed by atoms with van der Waals surface area (Å²) in [4.78, 5) is 19.6. The topological polar surface area (TPSA) is 76.2 Å². The standard InChI is InChI=1S/C19H22N2O5S/c1-20(26-3)27(23,24)16-11-9-15(10-12-16)19(22)21-13-5-7-14-6-4-8-17(25-2)18(14)21/h4,6,8-12H,5,7,13H2,1-3H3. The zero-order valence-electron chi connectivity index (χ0n) is 15.5. The number of sulfonamides is 1. The van der Waals surface area contributed by atoms with Crippen molar-refractivity contribution >= 4 is 21.6 Å². The molecule has 2 aromatic carbocycles. The number of methoxy groups -OCH3 is 1. The number of hydrogen-bond donors (Lipinski definition) is 0. The van der Waals surface area contributed by atoms with Crippen LogP contribution in [-0.2, 0) is 21.3 Å². The fraction of sp³-hybridized carbons (Fsp3) is 0.316. The lowest BCUT2D eigenvalue weighted by atomic mass is 10.00. The van der Waals surface area contributed by atoms with Gasteiger partial charge in [0.2, 0.25) is 0 Å². The van der Waals surface area contributed by atoms with Crippen LogP contribution in [0, 0.1) is 0 Å². The number of carbonyl (C=O) groups excluding carboxylic acids is 1. The third-order valence-corrected chi connectivity index (χ3v) is 6.33. The van der Waals surface area contributed by atoms with Crippen molar-refractivity contribution in [2.45, 2.75) is 17.7 Å². The van der Waals surface area contributed by atoms with Crippen molar-refractivity contribution in [2.75, 3.05) is 32.7 Å². The molecule has 0 bridgehead atoms. The maximum absolute atomic E-state index is 13.1. The van der Waals surface area contributed by atoms with Gasteiger partial charge in [-0.1, -0.05) is 16.6 Å². The quantitative estimate of drug-likeness (QED) is 0.733. The highest BCUT2D eigenvalue weighted by Gasteiger charge is 2.27. The van der Waals surface area contributed by atoms with Gasteiger partial charge in [0.1, 0.15) is 5.75 Å². The summed E-state index contributed by atoms with van der Waals surface area (Å²) in [6.07, 6.45) is 1.74. The highest BCUT2D eigenvalue weighted by Crippen LogP contribution is 2.37. The van der Waals surface area contributed by atoms with E-state index in [1.807, 2.05) is 18.2 Å². The van der Waals surface area contributed by atoms with Crippen LogP contribution < -0.4 is 9.64 Å². The predicted molar refractivity (Wildman–Crippen MR) is 101 cm³/mol. The maximum Gasteiger partial charge on any atom is 0.264 e. The molecule has 2 aromatic rings. The second-order valence-corrected chi connectivity index (χ2v) is 8.09. The van der Waals surface area contributed by atoms with Crippen LogP contribution in [0.5, 0.6) is 5.75 Å². The van der Waals surface area contributed by atoms with E-state index in [9.17, 15) is 13.2 Å². The van der Waals surface area contributed by atoms with E-state index in [2.05, 4.69) is 0 Å². The molecule has 7 nitrogen and oxygen atoms in total. The summed E-state index contributed by atoms with van der Waals surface area (Å²) in [5, 5.41) is 0. The first-order valence-corrected chi connectivity index (χ1v) is 9.95. The number of anilines is 1. The molecule has 1 heterocycles.